The summed E-state index contributed by atoms with van der Waals surface area (Å²) < 4.78 is 5.88. The summed E-state index contributed by atoms with van der Waals surface area (Å²) in [6.45, 7) is 5.20. The normalized spacial score (nSPS) is 24.2. The van der Waals surface area contributed by atoms with Gasteiger partial charge in [-0.2, -0.15) is 0 Å². The second-order valence-corrected chi connectivity index (χ2v) is 5.21. The SMILES string of the molecule is CCOC(C)(SC)C1CCCCC1. The molecular formula is C11H22OS. The van der Waals surface area contributed by atoms with Gasteiger partial charge in [-0.3, -0.25) is 0 Å². The molecule has 78 valence electrons. The molecule has 2 heteroatoms. The summed E-state index contributed by atoms with van der Waals surface area (Å²) in [6.07, 6.45) is 9.10. The fourth-order valence-electron chi connectivity index (χ4n) is 2.26. The predicted molar refractivity (Wildman–Crippen MR) is 60.1 cm³/mol. The lowest BCUT2D eigenvalue weighted by Gasteiger charge is -2.38. The van der Waals surface area contributed by atoms with Crippen molar-refractivity contribution in [3.63, 3.8) is 0 Å². The zero-order chi connectivity index (χ0) is 9.73. The number of hydrogen-bond donors (Lipinski definition) is 0. The molecule has 1 rings (SSSR count). The Balaban J connectivity index is 2.51. The lowest BCUT2D eigenvalue weighted by Crippen LogP contribution is -2.35. The lowest BCUT2D eigenvalue weighted by atomic mass is 9.85. The highest BCUT2D eigenvalue weighted by atomic mass is 32.2. The molecule has 1 atom stereocenters. The Morgan fingerprint density at radius 1 is 1.31 bits per heavy atom. The fourth-order valence-corrected chi connectivity index (χ4v) is 3.06. The lowest BCUT2D eigenvalue weighted by molar-refractivity contribution is -0.00755. The monoisotopic (exact) mass is 202 g/mol. The molecule has 1 nitrogen and oxygen atoms in total. The molecule has 1 fully saturated rings. The molecule has 1 saturated carbocycles. The van der Waals surface area contributed by atoms with Gasteiger partial charge in [0.25, 0.3) is 0 Å². The van der Waals surface area contributed by atoms with Crippen molar-refractivity contribution in [2.24, 2.45) is 5.92 Å². The highest BCUT2D eigenvalue weighted by Crippen LogP contribution is 2.40. The van der Waals surface area contributed by atoms with Crippen LogP contribution < -0.4 is 0 Å². The van der Waals surface area contributed by atoms with Gasteiger partial charge in [-0.1, -0.05) is 19.3 Å². The van der Waals surface area contributed by atoms with Crippen molar-refractivity contribution in [2.75, 3.05) is 12.9 Å². The first kappa shape index (κ1) is 11.4. The maximum Gasteiger partial charge on any atom is 0.113 e. The third-order valence-corrected chi connectivity index (χ3v) is 4.44. The Morgan fingerprint density at radius 3 is 2.38 bits per heavy atom. The standard InChI is InChI=1S/C11H22OS/c1-4-12-11(2,13-3)10-8-6-5-7-9-10/h10H,4-9H2,1-3H3. The minimum Gasteiger partial charge on any atom is -0.365 e. The van der Waals surface area contributed by atoms with Crippen LogP contribution in [0.4, 0.5) is 0 Å². The van der Waals surface area contributed by atoms with Gasteiger partial charge in [-0.15, -0.1) is 11.8 Å². The van der Waals surface area contributed by atoms with Crippen molar-refractivity contribution >= 4 is 11.8 Å². The first-order valence-electron chi connectivity index (χ1n) is 5.42. The van der Waals surface area contributed by atoms with Gasteiger partial charge in [0, 0.05) is 6.61 Å². The molecule has 0 bridgehead atoms. The van der Waals surface area contributed by atoms with Crippen LogP contribution in [0.15, 0.2) is 0 Å². The Bertz CT molecular complexity index is 143. The Kier molecular flexibility index (Phi) is 4.60. The van der Waals surface area contributed by atoms with Crippen LogP contribution in [-0.4, -0.2) is 17.8 Å². The molecule has 0 aromatic carbocycles. The van der Waals surface area contributed by atoms with E-state index in [-0.39, 0.29) is 4.93 Å². The molecule has 0 heterocycles. The average Bonchev–Trinajstić information content (AvgIpc) is 2.19. The van der Waals surface area contributed by atoms with Crippen LogP contribution in [0.5, 0.6) is 0 Å². The van der Waals surface area contributed by atoms with E-state index in [0.29, 0.717) is 0 Å². The average molecular weight is 202 g/mol. The predicted octanol–water partition coefficient (Wildman–Crippen LogP) is 3.68. The summed E-state index contributed by atoms with van der Waals surface area (Å²) in [6, 6.07) is 0. The van der Waals surface area contributed by atoms with E-state index in [2.05, 4.69) is 20.1 Å². The van der Waals surface area contributed by atoms with E-state index >= 15 is 0 Å². The van der Waals surface area contributed by atoms with Crippen LogP contribution in [0.3, 0.4) is 0 Å². The minimum atomic E-state index is 0.0785. The first-order chi connectivity index (χ1) is 6.23. The van der Waals surface area contributed by atoms with Gasteiger partial charge in [0.2, 0.25) is 0 Å². The van der Waals surface area contributed by atoms with E-state index in [0.717, 1.165) is 12.5 Å². The van der Waals surface area contributed by atoms with Crippen LogP contribution in [-0.2, 0) is 4.74 Å². The van der Waals surface area contributed by atoms with Gasteiger partial charge >= 0.3 is 0 Å². The van der Waals surface area contributed by atoms with Crippen molar-refractivity contribution in [1.82, 2.24) is 0 Å². The zero-order valence-corrected chi connectivity index (χ0v) is 9.95. The summed E-state index contributed by atoms with van der Waals surface area (Å²) in [7, 11) is 0. The van der Waals surface area contributed by atoms with E-state index in [4.69, 9.17) is 4.74 Å². The summed E-state index contributed by atoms with van der Waals surface area (Å²) in [4.78, 5) is 0.0785. The smallest absolute Gasteiger partial charge is 0.113 e. The van der Waals surface area contributed by atoms with Crippen molar-refractivity contribution < 1.29 is 4.74 Å². The number of hydrogen-bond acceptors (Lipinski definition) is 2. The number of ether oxygens (including phenoxy) is 1. The van der Waals surface area contributed by atoms with Crippen molar-refractivity contribution in [1.29, 1.82) is 0 Å². The Labute approximate surface area is 86.6 Å². The summed E-state index contributed by atoms with van der Waals surface area (Å²) in [5.41, 5.74) is 0. The van der Waals surface area contributed by atoms with Crippen molar-refractivity contribution in [3.05, 3.63) is 0 Å². The van der Waals surface area contributed by atoms with Crippen molar-refractivity contribution in [2.45, 2.75) is 50.9 Å². The third kappa shape index (κ3) is 2.88. The van der Waals surface area contributed by atoms with Crippen LogP contribution in [0.2, 0.25) is 0 Å². The van der Waals surface area contributed by atoms with Crippen LogP contribution in [0, 0.1) is 5.92 Å². The first-order valence-corrected chi connectivity index (χ1v) is 6.64. The van der Waals surface area contributed by atoms with Crippen molar-refractivity contribution in [3.8, 4) is 0 Å². The number of rotatable bonds is 4. The molecule has 0 aromatic heterocycles. The van der Waals surface area contributed by atoms with E-state index in [9.17, 15) is 0 Å². The Hall–Kier alpha value is 0.310. The number of thioether (sulfide) groups is 1. The van der Waals surface area contributed by atoms with Gasteiger partial charge in [-0.05, 0) is 38.9 Å². The van der Waals surface area contributed by atoms with Gasteiger partial charge in [0.05, 0.1) is 0 Å². The van der Waals surface area contributed by atoms with E-state index < -0.39 is 0 Å². The van der Waals surface area contributed by atoms with Crippen LogP contribution >= 0.6 is 11.8 Å². The molecular weight excluding hydrogens is 180 g/mol. The molecule has 1 unspecified atom stereocenters. The van der Waals surface area contributed by atoms with Crippen LogP contribution in [0.25, 0.3) is 0 Å². The maximum absolute atomic E-state index is 5.88. The van der Waals surface area contributed by atoms with E-state index in [1.807, 2.05) is 11.8 Å². The molecule has 0 N–H and O–H groups in total. The molecule has 13 heavy (non-hydrogen) atoms. The highest BCUT2D eigenvalue weighted by molar-refractivity contribution is 7.99. The molecule has 1 aliphatic rings. The summed E-state index contributed by atoms with van der Waals surface area (Å²) in [5, 5.41) is 0. The van der Waals surface area contributed by atoms with E-state index in [1.165, 1.54) is 32.1 Å². The molecule has 0 saturated heterocycles. The van der Waals surface area contributed by atoms with Gasteiger partial charge < -0.3 is 4.74 Å². The minimum absolute atomic E-state index is 0.0785. The summed E-state index contributed by atoms with van der Waals surface area (Å²) >= 11 is 1.88. The van der Waals surface area contributed by atoms with Gasteiger partial charge in [-0.25, -0.2) is 0 Å². The Morgan fingerprint density at radius 2 is 1.92 bits per heavy atom. The van der Waals surface area contributed by atoms with Crippen LogP contribution in [0.1, 0.15) is 46.0 Å². The molecule has 0 amide bonds. The molecule has 1 aliphatic carbocycles. The third-order valence-electron chi connectivity index (χ3n) is 3.18. The topological polar surface area (TPSA) is 9.23 Å². The molecule has 0 aliphatic heterocycles. The van der Waals surface area contributed by atoms with Gasteiger partial charge in [0.15, 0.2) is 0 Å². The largest absolute Gasteiger partial charge is 0.365 e. The molecule has 0 aromatic rings. The fraction of sp³-hybridized carbons (Fsp3) is 1.00. The second-order valence-electron chi connectivity index (χ2n) is 3.99. The highest BCUT2D eigenvalue weighted by Gasteiger charge is 2.34. The maximum atomic E-state index is 5.88. The second kappa shape index (κ2) is 5.26. The van der Waals surface area contributed by atoms with Gasteiger partial charge in [0.1, 0.15) is 4.93 Å². The molecule has 0 spiro atoms. The quantitative estimate of drug-likeness (QED) is 0.643. The zero-order valence-electron chi connectivity index (χ0n) is 9.14. The summed E-state index contributed by atoms with van der Waals surface area (Å²) in [5.74, 6) is 0.774. The molecule has 0 radical (unpaired) electrons. The van der Waals surface area contributed by atoms with E-state index in [1.54, 1.807) is 0 Å².